The fraction of sp³-hybridized carbons (Fsp3) is 0.393. The van der Waals surface area contributed by atoms with Crippen molar-refractivity contribution in [3.8, 4) is 5.75 Å². The second kappa shape index (κ2) is 16.1. The number of hydroxylamine groups is 2. The Kier molecular flexibility index (Phi) is 12.3. The lowest BCUT2D eigenvalue weighted by atomic mass is 9.84. The standard InChI is InChI=1S/C26H30N8O10S2.C2HF3O2/c1-26(2)21(23(36)34(26)44-46(39,40)41)32-22(35)20(17-12-45-25(27)31-17)33-43-18(24(37)38)11-42-15-4-5-16-13(9-15)3-6-19(30-16)29-14-7-8-28-10-14;3-2(4,5)1(6)7/h3-6,9,12,14,18,21,28H,7-8,10-11H2,1-2H3,(H2,27,31)(H,29,30)(H,32,35)(H,37,38)(H,39,40,41);(H,6,7)/b33-20-;/t14-,18-,21+;/m0./s1. The van der Waals surface area contributed by atoms with Crippen molar-refractivity contribution in [2.75, 3.05) is 30.7 Å². The number of ether oxygens (including phenoxy) is 1. The van der Waals surface area contributed by atoms with Gasteiger partial charge < -0.3 is 46.3 Å². The topological polar surface area (TPSA) is 302 Å². The number of nitrogens with two attached hydrogens (primary N) is 2. The molecule has 2 aliphatic rings. The second-order valence-electron chi connectivity index (χ2n) is 11.7. The highest BCUT2D eigenvalue weighted by molar-refractivity contribution is 7.80. The number of carbonyl (C=O) groups is 4. The number of oxime groups is 1. The van der Waals surface area contributed by atoms with Gasteiger partial charge in [-0.3, -0.25) is 14.1 Å². The molecule has 2 aromatic heterocycles. The van der Waals surface area contributed by atoms with Crippen LogP contribution in [-0.2, 0) is 38.7 Å². The fourth-order valence-corrected chi connectivity index (χ4v) is 5.83. The van der Waals surface area contributed by atoms with Crippen LogP contribution in [0, 0.1) is 0 Å². The predicted molar refractivity (Wildman–Crippen MR) is 173 cm³/mol. The summed E-state index contributed by atoms with van der Waals surface area (Å²) in [4.78, 5) is 60.3. The Hall–Kier alpha value is -5.37. The summed E-state index contributed by atoms with van der Waals surface area (Å²) in [6, 6.07) is 7.83. The van der Waals surface area contributed by atoms with Gasteiger partial charge >= 0.3 is 22.5 Å². The van der Waals surface area contributed by atoms with Crippen molar-refractivity contribution < 1.29 is 74.7 Å². The predicted octanol–water partition coefficient (Wildman–Crippen LogP) is -1.59. The average Bonchev–Trinajstić information content (AvgIpc) is 3.74. The summed E-state index contributed by atoms with van der Waals surface area (Å²) in [5.74, 6) is -5.36. The van der Waals surface area contributed by atoms with Crippen molar-refractivity contribution in [3.63, 3.8) is 0 Å². The van der Waals surface area contributed by atoms with Crippen LogP contribution >= 0.6 is 11.3 Å². The number of carbonyl (C=O) groups excluding carboxylic acids is 3. The highest BCUT2D eigenvalue weighted by Crippen LogP contribution is 2.33. The number of aliphatic carboxylic acids is 2. The van der Waals surface area contributed by atoms with E-state index in [-0.39, 0.29) is 10.8 Å². The second-order valence-corrected chi connectivity index (χ2v) is 13.6. The lowest BCUT2D eigenvalue weighted by molar-refractivity contribution is -0.636. The molecule has 0 unspecified atom stereocenters. The van der Waals surface area contributed by atoms with E-state index in [9.17, 15) is 41.1 Å². The van der Waals surface area contributed by atoms with E-state index in [0.29, 0.717) is 22.4 Å². The molecule has 0 saturated carbocycles. The Morgan fingerprint density at radius 2 is 1.94 bits per heavy atom. The van der Waals surface area contributed by atoms with Gasteiger partial charge in [0, 0.05) is 17.2 Å². The molecule has 0 bridgehead atoms. The molecule has 4 heterocycles. The number of halogens is 3. The smallest absolute Gasteiger partial charge is 0.430 e. The van der Waals surface area contributed by atoms with Gasteiger partial charge in [0.2, 0.25) is 0 Å². The third-order valence-electron chi connectivity index (χ3n) is 7.46. The molecule has 3 aromatic rings. The van der Waals surface area contributed by atoms with E-state index >= 15 is 0 Å². The number of benzene rings is 1. The van der Waals surface area contributed by atoms with Gasteiger partial charge in [-0.1, -0.05) is 5.16 Å². The number of alkyl halides is 3. The van der Waals surface area contributed by atoms with E-state index in [0.717, 1.165) is 42.1 Å². The van der Waals surface area contributed by atoms with Crippen LogP contribution in [0.3, 0.4) is 0 Å². The number of aromatic nitrogens is 2. The molecule has 25 heteroatoms. The van der Waals surface area contributed by atoms with Gasteiger partial charge in [0.15, 0.2) is 10.8 Å². The van der Waals surface area contributed by atoms with Gasteiger partial charge in [0.1, 0.15) is 35.9 Å². The van der Waals surface area contributed by atoms with E-state index in [4.69, 9.17) is 29.8 Å². The van der Waals surface area contributed by atoms with Gasteiger partial charge in [0.05, 0.1) is 30.2 Å². The van der Waals surface area contributed by atoms with Crippen LogP contribution in [-0.4, -0.2) is 112 Å². The first-order chi connectivity index (χ1) is 24.7. The zero-order chi connectivity index (χ0) is 39.3. The lowest BCUT2D eigenvalue weighted by Gasteiger charge is -2.50. The number of thiazole rings is 1. The van der Waals surface area contributed by atoms with Gasteiger partial charge in [-0.15, -0.1) is 15.6 Å². The number of nitrogen functional groups attached to an aromatic ring is 1. The third-order valence-corrected chi connectivity index (χ3v) is 8.47. The molecule has 2 saturated heterocycles. The van der Waals surface area contributed by atoms with Crippen LogP contribution in [0.1, 0.15) is 26.0 Å². The van der Waals surface area contributed by atoms with Crippen molar-refractivity contribution >= 4 is 73.1 Å². The van der Waals surface area contributed by atoms with E-state index in [2.05, 4.69) is 35.4 Å². The number of nitrogens with one attached hydrogen (secondary N) is 2. The van der Waals surface area contributed by atoms with Crippen LogP contribution in [0.2, 0.25) is 0 Å². The Morgan fingerprint density at radius 3 is 2.49 bits per heavy atom. The summed E-state index contributed by atoms with van der Waals surface area (Å²) in [6.45, 7) is 4.29. The number of hydrogen-bond donors (Lipinski definition) is 6. The highest BCUT2D eigenvalue weighted by Gasteiger charge is 2.58. The highest BCUT2D eigenvalue weighted by atomic mass is 32.3. The van der Waals surface area contributed by atoms with Crippen LogP contribution < -0.4 is 31.5 Å². The van der Waals surface area contributed by atoms with Crippen LogP contribution in [0.4, 0.5) is 24.1 Å². The van der Waals surface area contributed by atoms with Crippen molar-refractivity contribution in [1.29, 1.82) is 0 Å². The van der Waals surface area contributed by atoms with Gasteiger partial charge in [0.25, 0.3) is 17.9 Å². The molecule has 288 valence electrons. The number of rotatable bonds is 13. The first kappa shape index (κ1) is 40.4. The number of fused-ring (bicyclic) bond motifs is 1. The van der Waals surface area contributed by atoms with Gasteiger partial charge in [-0.25, -0.2) is 14.8 Å². The minimum Gasteiger partial charge on any atom is -0.542 e. The first-order valence-electron chi connectivity index (χ1n) is 15.1. The number of hydrogen-bond acceptors (Lipinski definition) is 16. The quantitative estimate of drug-likeness (QED) is 0.0492. The Labute approximate surface area is 301 Å². The van der Waals surface area contributed by atoms with Crippen molar-refractivity contribution in [1.82, 2.24) is 20.3 Å². The molecule has 53 heavy (non-hydrogen) atoms. The number of β-lactam (4-membered cyclic amide) rings is 1. The molecule has 1 aromatic carbocycles. The van der Waals surface area contributed by atoms with Crippen LogP contribution in [0.25, 0.3) is 10.9 Å². The largest absolute Gasteiger partial charge is 0.542 e. The summed E-state index contributed by atoms with van der Waals surface area (Å²) in [6.07, 6.45) is -5.82. The summed E-state index contributed by atoms with van der Waals surface area (Å²) < 4.78 is 72.6. The molecule has 20 nitrogen and oxygen atoms in total. The van der Waals surface area contributed by atoms with E-state index in [1.165, 1.54) is 19.2 Å². The number of carboxylic acids is 2. The SMILES string of the molecule is CC1(C)[C@H](NC(=O)/C(=N\O[C@@H](COc2ccc3nc(N[C@H]4CC[NH2+]C4)ccc3c2)C(=O)O)c2csc(N)n2)C(=O)N1OS(=O)(=O)O.O=C([O-])C(F)(F)F. The van der Waals surface area contributed by atoms with Crippen molar-refractivity contribution in [2.24, 2.45) is 5.16 Å². The Morgan fingerprint density at radius 1 is 1.25 bits per heavy atom. The normalized spacial score (nSPS) is 19.0. The number of pyridine rings is 1. The molecule has 3 atom stereocenters. The third kappa shape index (κ3) is 10.6. The number of nitrogens with zero attached hydrogens (tertiary/aromatic N) is 4. The molecular weight excluding hydrogens is 761 g/mol. The van der Waals surface area contributed by atoms with Crippen LogP contribution in [0.5, 0.6) is 5.75 Å². The number of carboxylic acid groups (broad SMARTS) is 2. The minimum atomic E-state index is -5.19. The molecule has 0 spiro atoms. The zero-order valence-electron chi connectivity index (χ0n) is 27.4. The number of anilines is 2. The van der Waals surface area contributed by atoms with Crippen molar-refractivity contribution in [3.05, 3.63) is 41.4 Å². The molecule has 2 fully saturated rings. The van der Waals surface area contributed by atoms with E-state index in [1.54, 1.807) is 18.2 Å². The molecule has 2 aliphatic heterocycles. The summed E-state index contributed by atoms with van der Waals surface area (Å²) in [7, 11) is -5.01. The number of quaternary nitrogens is 1. The van der Waals surface area contributed by atoms with Gasteiger partial charge in [-0.2, -0.15) is 26.7 Å². The maximum absolute atomic E-state index is 13.2. The summed E-state index contributed by atoms with van der Waals surface area (Å²) >= 11 is 0.962. The van der Waals surface area contributed by atoms with Gasteiger partial charge in [-0.05, 0) is 44.2 Å². The summed E-state index contributed by atoms with van der Waals surface area (Å²) in [5, 5.41) is 32.9. The van der Waals surface area contributed by atoms with Crippen molar-refractivity contribution in [2.45, 2.75) is 50.2 Å². The zero-order valence-corrected chi connectivity index (χ0v) is 29.0. The Balaban J connectivity index is 0.000000815. The first-order valence-corrected chi connectivity index (χ1v) is 17.3. The maximum Gasteiger partial charge on any atom is 0.430 e. The van der Waals surface area contributed by atoms with Crippen LogP contribution in [0.15, 0.2) is 40.9 Å². The monoisotopic (exact) mass is 792 g/mol. The fourth-order valence-electron chi connectivity index (χ4n) is 4.83. The molecule has 0 radical (unpaired) electrons. The molecule has 2 amide bonds. The van der Waals surface area contributed by atoms with E-state index in [1.807, 2.05) is 12.1 Å². The molecule has 5 rings (SSSR count). The average molecular weight is 793 g/mol. The number of amides is 2. The van der Waals surface area contributed by atoms with E-state index < -0.39 is 70.3 Å². The molecular formula is C28H31F3N8O12S2. The molecule has 0 aliphatic carbocycles. The lowest BCUT2D eigenvalue weighted by Crippen LogP contribution is -2.81. The maximum atomic E-state index is 13.2. The molecule has 8 N–H and O–H groups in total. The Bertz CT molecular complexity index is 2010. The minimum absolute atomic E-state index is 0.0622. The summed E-state index contributed by atoms with van der Waals surface area (Å²) in [5.41, 5.74) is 4.39.